The van der Waals surface area contributed by atoms with Crippen molar-refractivity contribution >= 4 is 11.9 Å². The van der Waals surface area contributed by atoms with Crippen LogP contribution in [0.4, 0.5) is 0 Å². The minimum atomic E-state index is -0.669. The first-order chi connectivity index (χ1) is 30.5. The fourth-order valence-electron chi connectivity index (χ4n) is 8.45. The van der Waals surface area contributed by atoms with Crippen LogP contribution < -0.4 is 5.32 Å². The Hall–Kier alpha value is -1.66. The molecule has 1 amide bonds. The minimum Gasteiger partial charge on any atom is -0.466 e. The molecule has 3 N–H and O–H groups in total. The Morgan fingerprint density at radius 1 is 0.435 bits per heavy atom. The normalized spacial score (nSPS) is 12.8. The van der Waals surface area contributed by atoms with Crippen LogP contribution in [0, 0.1) is 0 Å². The van der Waals surface area contributed by atoms with E-state index in [1.165, 1.54) is 218 Å². The van der Waals surface area contributed by atoms with E-state index in [-0.39, 0.29) is 18.5 Å². The van der Waals surface area contributed by atoms with E-state index in [1.807, 2.05) is 0 Å². The monoisotopic (exact) mass is 874 g/mol. The number of hydrogen-bond acceptors (Lipinski definition) is 5. The van der Waals surface area contributed by atoms with Crippen LogP contribution in [0.2, 0.25) is 0 Å². The molecule has 6 heteroatoms. The summed E-state index contributed by atoms with van der Waals surface area (Å²) in [5.41, 5.74) is 0. The number of carbonyl (C=O) groups excluding carboxylic acids is 2. The second-order valence-electron chi connectivity index (χ2n) is 18.9. The molecular formula is C56H107NO5. The molecule has 0 radical (unpaired) electrons. The van der Waals surface area contributed by atoms with Gasteiger partial charge in [0.25, 0.3) is 0 Å². The van der Waals surface area contributed by atoms with E-state index in [0.29, 0.717) is 25.9 Å². The molecule has 0 aromatic carbocycles. The maximum absolute atomic E-state index is 12.4. The number of esters is 1. The van der Waals surface area contributed by atoms with Crippen LogP contribution >= 0.6 is 0 Å². The van der Waals surface area contributed by atoms with Crippen molar-refractivity contribution in [2.24, 2.45) is 0 Å². The number of unbranched alkanes of at least 4 members (excludes halogenated alkanes) is 36. The molecule has 0 heterocycles. The van der Waals surface area contributed by atoms with Crippen molar-refractivity contribution < 1.29 is 24.5 Å². The molecule has 0 saturated carbocycles. The lowest BCUT2D eigenvalue weighted by atomic mass is 10.0. The predicted molar refractivity (Wildman–Crippen MR) is 269 cm³/mol. The molecule has 0 bridgehead atoms. The highest BCUT2D eigenvalue weighted by atomic mass is 16.5. The van der Waals surface area contributed by atoms with E-state index in [1.54, 1.807) is 0 Å². The van der Waals surface area contributed by atoms with Gasteiger partial charge in [0.15, 0.2) is 0 Å². The molecule has 0 aliphatic rings. The second-order valence-corrected chi connectivity index (χ2v) is 18.9. The summed E-state index contributed by atoms with van der Waals surface area (Å²) in [6.07, 6.45) is 61.6. The lowest BCUT2D eigenvalue weighted by Gasteiger charge is -2.22. The number of hydrogen-bond donors (Lipinski definition) is 3. The smallest absolute Gasteiger partial charge is 0.305 e. The third-order valence-corrected chi connectivity index (χ3v) is 12.7. The Morgan fingerprint density at radius 2 is 0.758 bits per heavy atom. The fourth-order valence-corrected chi connectivity index (χ4v) is 8.45. The number of carbonyl (C=O) groups is 2. The van der Waals surface area contributed by atoms with Crippen LogP contribution in [-0.2, 0) is 14.3 Å². The summed E-state index contributed by atoms with van der Waals surface area (Å²) >= 11 is 0. The summed E-state index contributed by atoms with van der Waals surface area (Å²) < 4.78 is 5.46. The van der Waals surface area contributed by atoms with Crippen molar-refractivity contribution in [3.63, 3.8) is 0 Å². The standard InChI is InChI=1S/C56H107NO5/c1-3-5-7-9-11-13-15-17-26-30-34-38-42-46-50-56(61)62-51-47-43-39-35-31-27-24-22-20-18-19-21-23-25-29-33-37-41-45-49-55(60)57-53(52-58)54(59)48-44-40-36-32-28-16-14-12-10-8-6-4-2/h15,17-19,53-54,58-59H,3-14,16,20-52H2,1-2H3,(H,57,60)/b17-15-,19-18-. The maximum Gasteiger partial charge on any atom is 0.305 e. The predicted octanol–water partition coefficient (Wildman–Crippen LogP) is 16.7. The third-order valence-electron chi connectivity index (χ3n) is 12.7. The van der Waals surface area contributed by atoms with E-state index in [4.69, 9.17) is 4.74 Å². The fraction of sp³-hybridized carbons (Fsp3) is 0.893. The lowest BCUT2D eigenvalue weighted by molar-refractivity contribution is -0.143. The average molecular weight is 874 g/mol. The van der Waals surface area contributed by atoms with Crippen LogP contribution in [0.1, 0.15) is 296 Å². The molecule has 366 valence electrons. The maximum atomic E-state index is 12.4. The van der Waals surface area contributed by atoms with Crippen LogP contribution in [0.15, 0.2) is 24.3 Å². The summed E-state index contributed by atoms with van der Waals surface area (Å²) in [6.45, 7) is 4.92. The minimum absolute atomic E-state index is 0.00471. The van der Waals surface area contributed by atoms with Gasteiger partial charge in [-0.1, -0.05) is 231 Å². The summed E-state index contributed by atoms with van der Waals surface area (Å²) in [7, 11) is 0. The van der Waals surface area contributed by atoms with Gasteiger partial charge in [-0.25, -0.2) is 0 Å². The molecule has 0 spiro atoms. The summed E-state index contributed by atoms with van der Waals surface area (Å²) in [6, 6.07) is -0.547. The molecule has 0 rings (SSSR count). The molecule has 0 aliphatic carbocycles. The van der Waals surface area contributed by atoms with E-state index in [9.17, 15) is 19.8 Å². The zero-order valence-corrected chi connectivity index (χ0v) is 41.6. The van der Waals surface area contributed by atoms with E-state index in [2.05, 4.69) is 43.5 Å². The zero-order chi connectivity index (χ0) is 45.1. The van der Waals surface area contributed by atoms with Crippen LogP contribution in [0.3, 0.4) is 0 Å². The average Bonchev–Trinajstić information content (AvgIpc) is 3.27. The Labute approximate surface area is 386 Å². The Bertz CT molecular complexity index is 966. The van der Waals surface area contributed by atoms with Crippen LogP contribution in [0.25, 0.3) is 0 Å². The largest absolute Gasteiger partial charge is 0.466 e. The molecule has 62 heavy (non-hydrogen) atoms. The van der Waals surface area contributed by atoms with Gasteiger partial charge < -0.3 is 20.3 Å². The van der Waals surface area contributed by atoms with Crippen LogP contribution in [0.5, 0.6) is 0 Å². The molecule has 0 aliphatic heterocycles. The van der Waals surface area contributed by atoms with Crippen molar-refractivity contribution in [1.29, 1.82) is 0 Å². The van der Waals surface area contributed by atoms with Crippen molar-refractivity contribution in [2.45, 2.75) is 309 Å². The second kappa shape index (κ2) is 52.0. The number of allylic oxidation sites excluding steroid dienone is 4. The topological polar surface area (TPSA) is 95.9 Å². The quantitative estimate of drug-likeness (QED) is 0.0321. The number of amides is 1. The van der Waals surface area contributed by atoms with Crippen molar-refractivity contribution in [3.8, 4) is 0 Å². The van der Waals surface area contributed by atoms with Crippen molar-refractivity contribution in [3.05, 3.63) is 24.3 Å². The van der Waals surface area contributed by atoms with E-state index < -0.39 is 12.1 Å². The van der Waals surface area contributed by atoms with Gasteiger partial charge in [-0.05, 0) is 77.0 Å². The number of aliphatic hydroxyl groups excluding tert-OH is 2. The highest BCUT2D eigenvalue weighted by Crippen LogP contribution is 2.16. The first kappa shape index (κ1) is 60.3. The molecule has 0 aromatic rings. The van der Waals surface area contributed by atoms with Crippen molar-refractivity contribution in [2.75, 3.05) is 13.2 Å². The highest BCUT2D eigenvalue weighted by molar-refractivity contribution is 5.76. The Balaban J connectivity index is 3.43. The third kappa shape index (κ3) is 47.8. The molecule has 6 nitrogen and oxygen atoms in total. The van der Waals surface area contributed by atoms with Gasteiger partial charge in [-0.15, -0.1) is 0 Å². The lowest BCUT2D eigenvalue weighted by Crippen LogP contribution is -2.45. The molecule has 0 saturated heterocycles. The molecule has 2 unspecified atom stereocenters. The number of rotatable bonds is 51. The number of aliphatic hydroxyl groups is 2. The van der Waals surface area contributed by atoms with Gasteiger partial charge in [0.1, 0.15) is 0 Å². The Kier molecular flexibility index (Phi) is 50.6. The van der Waals surface area contributed by atoms with Gasteiger partial charge in [-0.3, -0.25) is 9.59 Å². The van der Waals surface area contributed by atoms with Crippen LogP contribution in [-0.4, -0.2) is 47.4 Å². The van der Waals surface area contributed by atoms with Gasteiger partial charge in [-0.2, -0.15) is 0 Å². The molecule has 0 aromatic heterocycles. The SMILES string of the molecule is CCCCCCC/C=C\CCCCCCCC(=O)OCCCCCCCCCC/C=C\CCCCCCCCCC(=O)NC(CO)C(O)CCCCCCCCCCCCCC. The number of ether oxygens (including phenoxy) is 1. The highest BCUT2D eigenvalue weighted by Gasteiger charge is 2.20. The van der Waals surface area contributed by atoms with Crippen molar-refractivity contribution in [1.82, 2.24) is 5.32 Å². The molecule has 0 fully saturated rings. The summed E-state index contributed by atoms with van der Waals surface area (Å²) in [5, 5.41) is 23.2. The van der Waals surface area contributed by atoms with Gasteiger partial charge in [0.2, 0.25) is 5.91 Å². The van der Waals surface area contributed by atoms with Gasteiger partial charge >= 0.3 is 5.97 Å². The molecule has 2 atom stereocenters. The van der Waals surface area contributed by atoms with Gasteiger partial charge in [0, 0.05) is 12.8 Å². The number of nitrogens with one attached hydrogen (secondary N) is 1. The first-order valence-electron chi connectivity index (χ1n) is 27.6. The summed E-state index contributed by atoms with van der Waals surface area (Å²) in [5.74, 6) is -0.0498. The Morgan fingerprint density at radius 3 is 1.15 bits per heavy atom. The van der Waals surface area contributed by atoms with E-state index >= 15 is 0 Å². The zero-order valence-electron chi connectivity index (χ0n) is 41.6. The summed E-state index contributed by atoms with van der Waals surface area (Å²) in [4.78, 5) is 24.5. The van der Waals surface area contributed by atoms with E-state index in [0.717, 1.165) is 44.9 Å². The first-order valence-corrected chi connectivity index (χ1v) is 27.6. The molecular weight excluding hydrogens is 767 g/mol. The van der Waals surface area contributed by atoms with Gasteiger partial charge in [0.05, 0.1) is 25.4 Å².